The molecule has 3 fully saturated rings. The maximum absolute atomic E-state index is 13.5. The van der Waals surface area contributed by atoms with Crippen LogP contribution in [0.2, 0.25) is 0 Å². The molecule has 3 aliphatic rings. The summed E-state index contributed by atoms with van der Waals surface area (Å²) in [6, 6.07) is 1.61. The van der Waals surface area contributed by atoms with Crippen molar-refractivity contribution in [1.82, 2.24) is 19.9 Å². The van der Waals surface area contributed by atoms with E-state index in [1.165, 1.54) is 0 Å². The molecule has 6 nitrogen and oxygen atoms in total. The van der Waals surface area contributed by atoms with Crippen LogP contribution in [0.25, 0.3) is 5.65 Å². The Hall–Kier alpha value is -2.23. The number of nitrogens with zero attached hydrogens (tertiary/aromatic N) is 3. The Kier molecular flexibility index (Phi) is 6.76. The molecular formula is C25H32F4N4O2. The first kappa shape index (κ1) is 24.5. The molecule has 1 atom stereocenters. The van der Waals surface area contributed by atoms with Crippen molar-refractivity contribution < 1.29 is 27.1 Å². The van der Waals surface area contributed by atoms with Gasteiger partial charge in [-0.1, -0.05) is 0 Å². The minimum atomic E-state index is -2.64. The minimum Gasteiger partial charge on any atom is -0.381 e. The molecule has 2 aromatic rings. The molecule has 1 unspecified atom stereocenters. The van der Waals surface area contributed by atoms with Crippen molar-refractivity contribution >= 4 is 11.6 Å². The summed E-state index contributed by atoms with van der Waals surface area (Å²) >= 11 is 0. The van der Waals surface area contributed by atoms with Gasteiger partial charge in [0.15, 0.2) is 5.65 Å². The molecular weight excluding hydrogens is 464 g/mol. The number of carbonyl (C=O) groups is 1. The van der Waals surface area contributed by atoms with Gasteiger partial charge in [0.25, 0.3) is 0 Å². The Balaban J connectivity index is 1.29. The third-order valence-electron chi connectivity index (χ3n) is 7.79. The lowest BCUT2D eigenvalue weighted by Gasteiger charge is -2.35. The first-order chi connectivity index (χ1) is 16.7. The molecule has 35 heavy (non-hydrogen) atoms. The van der Waals surface area contributed by atoms with Crippen LogP contribution in [-0.4, -0.2) is 45.6 Å². The fraction of sp³-hybridized carbons (Fsp3) is 0.720. The molecule has 1 N–H and O–H groups in total. The zero-order valence-electron chi connectivity index (χ0n) is 19.7. The van der Waals surface area contributed by atoms with E-state index in [0.717, 1.165) is 24.1 Å². The summed E-state index contributed by atoms with van der Waals surface area (Å²) in [5, 5.41) is 7.59. The van der Waals surface area contributed by atoms with E-state index >= 15 is 0 Å². The minimum absolute atomic E-state index is 0.0710. The Labute approximate surface area is 201 Å². The predicted octanol–water partition coefficient (Wildman–Crippen LogP) is 5.12. The van der Waals surface area contributed by atoms with Gasteiger partial charge in [-0.05, 0) is 61.5 Å². The van der Waals surface area contributed by atoms with Crippen LogP contribution < -0.4 is 5.32 Å². The van der Waals surface area contributed by atoms with Gasteiger partial charge < -0.3 is 10.1 Å². The Bertz CT molecular complexity index is 1040. The standard InChI is InChI=1S/C25H32F4N4O2/c26-24(27)5-1-16(2-6-24)9-20-15-33-21(31-20)11-19(14-30-33)23(18-3-7-35-8-4-18)32-22(34)10-17-12-25(28,29)13-17/h11,14-18,23H,1-10,12-13H2,(H,32,34). The fourth-order valence-corrected chi connectivity index (χ4v) is 5.76. The summed E-state index contributed by atoms with van der Waals surface area (Å²) in [6.07, 6.45) is 6.23. The number of nitrogens with one attached hydrogen (secondary N) is 1. The Morgan fingerprint density at radius 1 is 1.09 bits per heavy atom. The number of carbonyl (C=O) groups excluding carboxylic acids is 1. The topological polar surface area (TPSA) is 68.5 Å². The number of aromatic nitrogens is 3. The van der Waals surface area contributed by atoms with E-state index in [0.29, 0.717) is 38.1 Å². The largest absolute Gasteiger partial charge is 0.381 e. The lowest BCUT2D eigenvalue weighted by Crippen LogP contribution is -2.41. The number of amides is 1. The molecule has 10 heteroatoms. The highest BCUT2D eigenvalue weighted by molar-refractivity contribution is 5.77. The lowest BCUT2D eigenvalue weighted by atomic mass is 9.79. The van der Waals surface area contributed by atoms with Crippen LogP contribution in [0.5, 0.6) is 0 Å². The Morgan fingerprint density at radius 3 is 2.49 bits per heavy atom. The number of fused-ring (bicyclic) bond motifs is 1. The maximum atomic E-state index is 13.5. The molecule has 0 spiro atoms. The summed E-state index contributed by atoms with van der Waals surface area (Å²) in [5.74, 6) is -5.35. The van der Waals surface area contributed by atoms with Gasteiger partial charge in [-0.3, -0.25) is 4.79 Å². The summed E-state index contributed by atoms with van der Waals surface area (Å²) in [5.41, 5.74) is 2.29. The van der Waals surface area contributed by atoms with Crippen molar-refractivity contribution in [3.63, 3.8) is 0 Å². The van der Waals surface area contributed by atoms with Gasteiger partial charge in [-0.2, -0.15) is 5.10 Å². The van der Waals surface area contributed by atoms with E-state index in [9.17, 15) is 22.4 Å². The molecule has 0 radical (unpaired) electrons. The normalized spacial score (nSPS) is 24.2. The molecule has 2 saturated carbocycles. The highest BCUT2D eigenvalue weighted by Crippen LogP contribution is 2.44. The number of halogens is 4. The number of rotatable bonds is 7. The molecule has 192 valence electrons. The van der Waals surface area contributed by atoms with Crippen molar-refractivity contribution in [2.75, 3.05) is 13.2 Å². The number of alkyl halides is 4. The summed E-state index contributed by atoms with van der Waals surface area (Å²) in [4.78, 5) is 17.4. The van der Waals surface area contributed by atoms with Crippen molar-refractivity contribution in [3.05, 3.63) is 29.7 Å². The maximum Gasteiger partial charge on any atom is 0.248 e. The average Bonchev–Trinajstić information content (AvgIpc) is 3.20. The zero-order chi connectivity index (χ0) is 24.6. The first-order valence-electron chi connectivity index (χ1n) is 12.6. The van der Waals surface area contributed by atoms with E-state index in [-0.39, 0.29) is 61.8 Å². The van der Waals surface area contributed by atoms with Gasteiger partial charge in [-0.25, -0.2) is 27.1 Å². The van der Waals surface area contributed by atoms with E-state index in [1.807, 2.05) is 12.3 Å². The number of hydrogen-bond donors (Lipinski definition) is 1. The van der Waals surface area contributed by atoms with Crippen molar-refractivity contribution in [3.8, 4) is 0 Å². The van der Waals surface area contributed by atoms with Gasteiger partial charge in [0, 0.05) is 45.3 Å². The molecule has 1 aliphatic heterocycles. The van der Waals surface area contributed by atoms with Gasteiger partial charge in [0.05, 0.1) is 24.1 Å². The molecule has 3 heterocycles. The first-order valence-corrected chi connectivity index (χ1v) is 12.6. The van der Waals surface area contributed by atoms with Crippen LogP contribution in [0.4, 0.5) is 17.6 Å². The second kappa shape index (κ2) is 9.67. The van der Waals surface area contributed by atoms with Crippen LogP contribution in [0.15, 0.2) is 18.5 Å². The van der Waals surface area contributed by atoms with Crippen molar-refractivity contribution in [1.29, 1.82) is 0 Å². The quantitative estimate of drug-likeness (QED) is 0.541. The second-order valence-electron chi connectivity index (χ2n) is 10.7. The summed E-state index contributed by atoms with van der Waals surface area (Å²) in [7, 11) is 0. The molecule has 1 saturated heterocycles. The number of imidazole rings is 1. The van der Waals surface area contributed by atoms with Crippen LogP contribution in [-0.2, 0) is 16.0 Å². The predicted molar refractivity (Wildman–Crippen MR) is 120 cm³/mol. The number of hydrogen-bond acceptors (Lipinski definition) is 4. The summed E-state index contributed by atoms with van der Waals surface area (Å²) in [6.45, 7) is 1.21. The third-order valence-corrected chi connectivity index (χ3v) is 7.79. The van der Waals surface area contributed by atoms with Gasteiger partial charge >= 0.3 is 0 Å². The highest BCUT2D eigenvalue weighted by Gasteiger charge is 2.46. The zero-order valence-corrected chi connectivity index (χ0v) is 19.7. The molecule has 0 bridgehead atoms. The SMILES string of the molecule is O=C(CC1CC(F)(F)C1)NC(c1cnn2cc(CC3CCC(F)(F)CC3)nc2c1)C1CCOCC1. The van der Waals surface area contributed by atoms with E-state index in [4.69, 9.17) is 4.74 Å². The lowest BCUT2D eigenvalue weighted by molar-refractivity contribution is -0.134. The molecule has 0 aromatic carbocycles. The van der Waals surface area contributed by atoms with Gasteiger partial charge in [-0.15, -0.1) is 0 Å². The molecule has 1 amide bonds. The van der Waals surface area contributed by atoms with Crippen LogP contribution in [0.1, 0.15) is 75.1 Å². The van der Waals surface area contributed by atoms with Crippen molar-refractivity contribution in [2.45, 2.75) is 82.1 Å². The molecule has 5 rings (SSSR count). The monoisotopic (exact) mass is 496 g/mol. The summed E-state index contributed by atoms with van der Waals surface area (Å²) < 4.78 is 60.5. The van der Waals surface area contributed by atoms with E-state index < -0.39 is 11.8 Å². The third kappa shape index (κ3) is 5.95. The van der Waals surface area contributed by atoms with Crippen molar-refractivity contribution in [2.24, 2.45) is 17.8 Å². The van der Waals surface area contributed by atoms with Crippen LogP contribution in [0, 0.1) is 17.8 Å². The number of ether oxygens (including phenoxy) is 1. The van der Waals surface area contributed by atoms with Crippen LogP contribution >= 0.6 is 0 Å². The smallest absolute Gasteiger partial charge is 0.248 e. The van der Waals surface area contributed by atoms with E-state index in [2.05, 4.69) is 15.4 Å². The second-order valence-corrected chi connectivity index (χ2v) is 10.7. The van der Waals surface area contributed by atoms with Gasteiger partial charge in [0.2, 0.25) is 17.8 Å². The van der Waals surface area contributed by atoms with Crippen LogP contribution in [0.3, 0.4) is 0 Å². The fourth-order valence-electron chi connectivity index (χ4n) is 5.76. The van der Waals surface area contributed by atoms with E-state index in [1.54, 1.807) is 10.7 Å². The Morgan fingerprint density at radius 2 is 1.80 bits per heavy atom. The highest BCUT2D eigenvalue weighted by atomic mass is 19.3. The molecule has 2 aliphatic carbocycles. The van der Waals surface area contributed by atoms with Gasteiger partial charge in [0.1, 0.15) is 0 Å². The molecule has 2 aromatic heterocycles. The average molecular weight is 497 g/mol.